The van der Waals surface area contributed by atoms with Crippen LogP contribution in [0.1, 0.15) is 24.8 Å². The summed E-state index contributed by atoms with van der Waals surface area (Å²) >= 11 is 0. The highest BCUT2D eigenvalue weighted by atomic mass is 17.1. The first kappa shape index (κ1) is 10.0. The number of rotatable bonds is 4. The molecular weight excluding hydrogens is 168 g/mol. The topological polar surface area (TPSA) is 49.7 Å². The molecule has 2 N–H and O–H groups in total. The predicted octanol–water partition coefficient (Wildman–Crippen LogP) is 2.38. The van der Waals surface area contributed by atoms with Gasteiger partial charge in [0, 0.05) is 0 Å². The summed E-state index contributed by atoms with van der Waals surface area (Å²) in [5.41, 5.74) is 1.13. The molecule has 0 aromatic heterocycles. The average molecular weight is 182 g/mol. The van der Waals surface area contributed by atoms with Gasteiger partial charge in [-0.3, -0.25) is 5.26 Å². The molecule has 0 spiro atoms. The van der Waals surface area contributed by atoms with Crippen LogP contribution in [0, 0.1) is 0 Å². The highest BCUT2D eigenvalue weighted by Crippen LogP contribution is 2.20. The molecule has 0 saturated heterocycles. The molecule has 0 amide bonds. The van der Waals surface area contributed by atoms with E-state index in [1.807, 2.05) is 19.1 Å². The van der Waals surface area contributed by atoms with Crippen LogP contribution >= 0.6 is 0 Å². The number of aromatic hydroxyl groups is 1. The van der Waals surface area contributed by atoms with E-state index in [9.17, 15) is 0 Å². The lowest BCUT2D eigenvalue weighted by Gasteiger charge is -2.10. The molecule has 1 rings (SSSR count). The minimum absolute atomic E-state index is 0.273. The van der Waals surface area contributed by atoms with Gasteiger partial charge < -0.3 is 5.11 Å². The highest BCUT2D eigenvalue weighted by molar-refractivity contribution is 5.27. The molecule has 72 valence electrons. The summed E-state index contributed by atoms with van der Waals surface area (Å²) in [4.78, 5) is 4.01. The van der Waals surface area contributed by atoms with Crippen LogP contribution in [0.5, 0.6) is 5.75 Å². The van der Waals surface area contributed by atoms with Gasteiger partial charge in [0.15, 0.2) is 0 Å². The summed E-state index contributed by atoms with van der Waals surface area (Å²) in [6, 6.07) is 7.06. The molecule has 3 heteroatoms. The van der Waals surface area contributed by atoms with Crippen LogP contribution in [0.25, 0.3) is 0 Å². The number of hydrogen-bond donors (Lipinski definition) is 2. The lowest BCUT2D eigenvalue weighted by Crippen LogP contribution is -1.98. The summed E-state index contributed by atoms with van der Waals surface area (Å²) in [6.07, 6.45) is 0.765. The smallest absolute Gasteiger partial charge is 0.115 e. The zero-order valence-corrected chi connectivity index (χ0v) is 7.60. The van der Waals surface area contributed by atoms with E-state index in [-0.39, 0.29) is 5.75 Å². The van der Waals surface area contributed by atoms with Crippen molar-refractivity contribution in [2.45, 2.75) is 19.3 Å². The van der Waals surface area contributed by atoms with E-state index < -0.39 is 0 Å². The van der Waals surface area contributed by atoms with Crippen molar-refractivity contribution in [3.8, 4) is 5.75 Å². The monoisotopic (exact) mass is 182 g/mol. The first-order valence-electron chi connectivity index (χ1n) is 4.29. The van der Waals surface area contributed by atoms with Gasteiger partial charge in [-0.1, -0.05) is 19.1 Å². The Morgan fingerprint density at radius 1 is 1.31 bits per heavy atom. The van der Waals surface area contributed by atoms with Gasteiger partial charge in [-0.25, -0.2) is 4.89 Å². The van der Waals surface area contributed by atoms with Crippen LogP contribution in [-0.2, 0) is 4.89 Å². The number of phenolic OH excluding ortho intramolecular Hbond substituents is 1. The van der Waals surface area contributed by atoms with E-state index in [4.69, 9.17) is 10.4 Å². The van der Waals surface area contributed by atoms with E-state index in [2.05, 4.69) is 4.89 Å². The average Bonchev–Trinajstić information content (AvgIpc) is 2.15. The van der Waals surface area contributed by atoms with Gasteiger partial charge in [0.2, 0.25) is 0 Å². The van der Waals surface area contributed by atoms with Gasteiger partial charge >= 0.3 is 0 Å². The molecule has 0 saturated carbocycles. The molecule has 1 aromatic carbocycles. The highest BCUT2D eigenvalue weighted by Gasteiger charge is 2.04. The van der Waals surface area contributed by atoms with Crippen LogP contribution < -0.4 is 0 Å². The van der Waals surface area contributed by atoms with Crippen LogP contribution in [-0.4, -0.2) is 17.0 Å². The summed E-state index contributed by atoms with van der Waals surface area (Å²) in [7, 11) is 0. The van der Waals surface area contributed by atoms with E-state index in [1.54, 1.807) is 12.1 Å². The SMILES string of the molecule is CC(CCOO)c1ccc(O)cc1. The predicted molar refractivity (Wildman–Crippen MR) is 49.7 cm³/mol. The number of phenols is 1. The zero-order chi connectivity index (χ0) is 9.68. The van der Waals surface area contributed by atoms with E-state index in [1.165, 1.54) is 0 Å². The zero-order valence-electron chi connectivity index (χ0n) is 7.60. The number of hydrogen-bond acceptors (Lipinski definition) is 3. The Balaban J connectivity index is 2.55. The third kappa shape index (κ3) is 3.05. The van der Waals surface area contributed by atoms with Gasteiger partial charge in [0.05, 0.1) is 6.61 Å². The van der Waals surface area contributed by atoms with Crippen LogP contribution in [0.15, 0.2) is 24.3 Å². The molecular formula is C10H14O3. The molecule has 0 aliphatic heterocycles. The summed E-state index contributed by atoms with van der Waals surface area (Å²) in [5.74, 6) is 0.599. The van der Waals surface area contributed by atoms with Crippen molar-refractivity contribution in [3.05, 3.63) is 29.8 Å². The Bertz CT molecular complexity index is 243. The second-order valence-corrected chi connectivity index (χ2v) is 3.11. The van der Waals surface area contributed by atoms with Crippen LogP contribution in [0.3, 0.4) is 0 Å². The summed E-state index contributed by atoms with van der Waals surface area (Å²) in [6.45, 7) is 2.38. The van der Waals surface area contributed by atoms with Crippen molar-refractivity contribution in [2.75, 3.05) is 6.61 Å². The summed E-state index contributed by atoms with van der Waals surface area (Å²) in [5, 5.41) is 17.2. The minimum atomic E-state index is 0.273. The standard InChI is InChI=1S/C10H14O3/c1-8(6-7-13-12)9-2-4-10(11)5-3-9/h2-5,8,11-12H,6-7H2,1H3. The molecule has 1 unspecified atom stereocenters. The van der Waals surface area contributed by atoms with Gasteiger partial charge in [-0.15, -0.1) is 0 Å². The Labute approximate surface area is 77.5 Å². The molecule has 0 aliphatic carbocycles. The maximum absolute atomic E-state index is 9.05. The molecule has 0 bridgehead atoms. The Hall–Kier alpha value is -1.06. The maximum atomic E-state index is 9.05. The van der Waals surface area contributed by atoms with Crippen molar-refractivity contribution in [1.29, 1.82) is 0 Å². The fourth-order valence-corrected chi connectivity index (χ4v) is 1.20. The van der Waals surface area contributed by atoms with Crippen molar-refractivity contribution >= 4 is 0 Å². The minimum Gasteiger partial charge on any atom is -0.508 e. The molecule has 3 nitrogen and oxygen atoms in total. The van der Waals surface area contributed by atoms with Crippen molar-refractivity contribution < 1.29 is 15.3 Å². The third-order valence-corrected chi connectivity index (χ3v) is 2.10. The van der Waals surface area contributed by atoms with Crippen LogP contribution in [0.2, 0.25) is 0 Å². The first-order chi connectivity index (χ1) is 6.24. The van der Waals surface area contributed by atoms with Crippen LogP contribution in [0.4, 0.5) is 0 Å². The molecule has 0 heterocycles. The second-order valence-electron chi connectivity index (χ2n) is 3.11. The quantitative estimate of drug-likeness (QED) is 0.555. The Morgan fingerprint density at radius 3 is 2.46 bits per heavy atom. The van der Waals surface area contributed by atoms with E-state index >= 15 is 0 Å². The fourth-order valence-electron chi connectivity index (χ4n) is 1.20. The summed E-state index contributed by atoms with van der Waals surface area (Å²) < 4.78 is 0. The first-order valence-corrected chi connectivity index (χ1v) is 4.29. The molecule has 1 atom stereocenters. The van der Waals surface area contributed by atoms with E-state index in [0.29, 0.717) is 12.5 Å². The Morgan fingerprint density at radius 2 is 1.92 bits per heavy atom. The molecule has 0 fully saturated rings. The molecule has 0 aliphatic rings. The fraction of sp³-hybridized carbons (Fsp3) is 0.400. The molecule has 13 heavy (non-hydrogen) atoms. The largest absolute Gasteiger partial charge is 0.508 e. The normalized spacial score (nSPS) is 12.8. The maximum Gasteiger partial charge on any atom is 0.115 e. The van der Waals surface area contributed by atoms with Crippen molar-refractivity contribution in [3.63, 3.8) is 0 Å². The number of benzene rings is 1. The van der Waals surface area contributed by atoms with Gasteiger partial charge in [0.25, 0.3) is 0 Å². The second kappa shape index (κ2) is 4.84. The van der Waals surface area contributed by atoms with Crippen molar-refractivity contribution in [2.24, 2.45) is 0 Å². The Kier molecular flexibility index (Phi) is 3.73. The molecule has 0 radical (unpaired) electrons. The lowest BCUT2D eigenvalue weighted by atomic mass is 9.98. The van der Waals surface area contributed by atoms with Crippen molar-refractivity contribution in [1.82, 2.24) is 0 Å². The third-order valence-electron chi connectivity index (χ3n) is 2.10. The lowest BCUT2D eigenvalue weighted by molar-refractivity contribution is -0.243. The van der Waals surface area contributed by atoms with Gasteiger partial charge in [0.1, 0.15) is 5.75 Å². The van der Waals surface area contributed by atoms with Gasteiger partial charge in [-0.05, 0) is 30.0 Å². The molecule has 1 aromatic rings. The van der Waals surface area contributed by atoms with E-state index in [0.717, 1.165) is 12.0 Å². The van der Waals surface area contributed by atoms with Gasteiger partial charge in [-0.2, -0.15) is 0 Å².